The van der Waals surface area contributed by atoms with Crippen LogP contribution in [0.1, 0.15) is 16.8 Å². The molecular formula is C23H25N5O8S. The first-order valence-electron chi connectivity index (χ1n) is 11.4. The fourth-order valence-corrected chi connectivity index (χ4v) is 4.82. The maximum atomic E-state index is 13.5. The van der Waals surface area contributed by atoms with Gasteiger partial charge in [-0.3, -0.25) is 29.4 Å². The number of carbonyl (C=O) groups excluding carboxylic acids is 3. The third-order valence-electron chi connectivity index (χ3n) is 6.25. The molecule has 2 fully saturated rings. The summed E-state index contributed by atoms with van der Waals surface area (Å²) in [7, 11) is -3.97. The van der Waals surface area contributed by atoms with Crippen molar-refractivity contribution in [2.75, 3.05) is 44.3 Å². The van der Waals surface area contributed by atoms with Crippen molar-refractivity contribution < 1.29 is 32.5 Å². The topological polar surface area (TPSA) is 173 Å². The molecule has 0 bridgehead atoms. The molecule has 4 rings (SSSR count). The van der Waals surface area contributed by atoms with E-state index in [1.807, 2.05) is 0 Å². The minimum atomic E-state index is -3.97. The molecule has 14 heteroatoms. The largest absolute Gasteiger partial charge is 0.379 e. The number of hydrogen-bond donors (Lipinski definition) is 1. The molecule has 37 heavy (non-hydrogen) atoms. The van der Waals surface area contributed by atoms with Crippen LogP contribution in [0.25, 0.3) is 0 Å². The van der Waals surface area contributed by atoms with Crippen LogP contribution in [0.4, 0.5) is 11.4 Å². The van der Waals surface area contributed by atoms with Gasteiger partial charge in [-0.15, -0.1) is 0 Å². The number of morpholine rings is 1. The molecule has 2 saturated heterocycles. The Kier molecular flexibility index (Phi) is 7.63. The van der Waals surface area contributed by atoms with Crippen molar-refractivity contribution in [1.29, 1.82) is 0 Å². The number of nitrogens with two attached hydrogens (primary N) is 1. The molecule has 2 heterocycles. The third-order valence-corrected chi connectivity index (χ3v) is 7.18. The minimum Gasteiger partial charge on any atom is -0.379 e. The highest BCUT2D eigenvalue weighted by atomic mass is 32.2. The summed E-state index contributed by atoms with van der Waals surface area (Å²) in [6.07, 6.45) is -0.292. The van der Waals surface area contributed by atoms with Gasteiger partial charge < -0.3 is 9.64 Å². The minimum absolute atomic E-state index is 0.0207. The van der Waals surface area contributed by atoms with Gasteiger partial charge in [-0.25, -0.2) is 18.5 Å². The smallest absolute Gasteiger partial charge is 0.270 e. The van der Waals surface area contributed by atoms with Crippen LogP contribution in [-0.2, 0) is 24.3 Å². The number of anilines is 1. The van der Waals surface area contributed by atoms with Crippen molar-refractivity contribution in [3.63, 3.8) is 0 Å². The van der Waals surface area contributed by atoms with Crippen molar-refractivity contribution in [1.82, 2.24) is 9.80 Å². The van der Waals surface area contributed by atoms with Gasteiger partial charge in [0.05, 0.1) is 35.1 Å². The summed E-state index contributed by atoms with van der Waals surface area (Å²) < 4.78 is 28.4. The second-order valence-corrected chi connectivity index (χ2v) is 10.1. The summed E-state index contributed by atoms with van der Waals surface area (Å²) in [5.41, 5.74) is -0.113. The van der Waals surface area contributed by atoms with Crippen LogP contribution < -0.4 is 10.0 Å². The highest BCUT2D eigenvalue weighted by Gasteiger charge is 2.44. The zero-order chi connectivity index (χ0) is 26.7. The first-order valence-corrected chi connectivity index (χ1v) is 13.0. The normalized spacial score (nSPS) is 18.7. The predicted octanol–water partition coefficient (Wildman–Crippen LogP) is 0.349. The van der Waals surface area contributed by atoms with Gasteiger partial charge >= 0.3 is 0 Å². The number of hydrogen-bond acceptors (Lipinski definition) is 9. The van der Waals surface area contributed by atoms with E-state index in [9.17, 15) is 32.9 Å². The molecule has 2 aromatic carbocycles. The number of nitrogens with zero attached hydrogens (tertiary/aromatic N) is 4. The first kappa shape index (κ1) is 26.3. The van der Waals surface area contributed by atoms with Gasteiger partial charge in [0.1, 0.15) is 6.04 Å². The number of carbonyl (C=O) groups is 3. The molecular weight excluding hydrogens is 506 g/mol. The van der Waals surface area contributed by atoms with Crippen LogP contribution in [-0.4, -0.2) is 86.3 Å². The maximum Gasteiger partial charge on any atom is 0.270 e. The van der Waals surface area contributed by atoms with Crippen LogP contribution in [0.15, 0.2) is 53.4 Å². The highest BCUT2D eigenvalue weighted by molar-refractivity contribution is 7.89. The monoisotopic (exact) mass is 531 g/mol. The average Bonchev–Trinajstić information content (AvgIpc) is 3.17. The molecule has 0 aliphatic carbocycles. The second kappa shape index (κ2) is 10.7. The highest BCUT2D eigenvalue weighted by Crippen LogP contribution is 2.28. The number of nitro benzene ring substituents is 1. The van der Waals surface area contributed by atoms with E-state index in [1.54, 1.807) is 0 Å². The fraction of sp³-hybridized carbons (Fsp3) is 0.348. The molecule has 0 aromatic heterocycles. The molecule has 2 aliphatic rings. The molecule has 0 radical (unpaired) electrons. The van der Waals surface area contributed by atoms with E-state index >= 15 is 0 Å². The number of sulfonamides is 1. The summed E-state index contributed by atoms with van der Waals surface area (Å²) in [6, 6.07) is 9.00. The number of primary sulfonamides is 1. The Morgan fingerprint density at radius 1 is 1.14 bits per heavy atom. The van der Waals surface area contributed by atoms with Gasteiger partial charge in [0.25, 0.3) is 17.5 Å². The average molecular weight is 532 g/mol. The van der Waals surface area contributed by atoms with Gasteiger partial charge in [0.15, 0.2) is 0 Å². The Morgan fingerprint density at radius 3 is 2.43 bits per heavy atom. The van der Waals surface area contributed by atoms with Gasteiger partial charge in [0.2, 0.25) is 15.9 Å². The van der Waals surface area contributed by atoms with Gasteiger partial charge in [-0.2, -0.15) is 0 Å². The lowest BCUT2D eigenvalue weighted by molar-refractivity contribution is -0.384. The van der Waals surface area contributed by atoms with Crippen LogP contribution in [0.2, 0.25) is 0 Å². The summed E-state index contributed by atoms with van der Waals surface area (Å²) in [5.74, 6) is -1.84. The van der Waals surface area contributed by atoms with Gasteiger partial charge in [0, 0.05) is 43.9 Å². The molecule has 2 aliphatic heterocycles. The zero-order valence-corrected chi connectivity index (χ0v) is 20.5. The zero-order valence-electron chi connectivity index (χ0n) is 19.7. The Labute approximate surface area is 212 Å². The Hall–Kier alpha value is -3.72. The molecule has 1 unspecified atom stereocenters. The number of benzene rings is 2. The standard InChI is InChI=1S/C23H25N5O8S/c24-37(34,35)19-6-4-17(5-7-19)27-21(29)15-20(23(27)31)26(9-8-25-10-12-36-13-11-25)22(30)16-2-1-3-18(14-16)28(32)33/h1-7,14,20H,8-13,15H2,(H2,24,34,35). The molecule has 2 aromatic rings. The molecule has 2 N–H and O–H groups in total. The van der Waals surface area contributed by atoms with E-state index in [4.69, 9.17) is 9.88 Å². The number of ether oxygens (including phenoxy) is 1. The van der Waals surface area contributed by atoms with Crippen LogP contribution in [0, 0.1) is 10.1 Å². The summed E-state index contributed by atoms with van der Waals surface area (Å²) in [4.78, 5) is 54.5. The molecule has 3 amide bonds. The lowest BCUT2D eigenvalue weighted by Gasteiger charge is -2.32. The summed E-state index contributed by atoms with van der Waals surface area (Å²) in [5, 5.41) is 16.3. The van der Waals surface area contributed by atoms with Gasteiger partial charge in [-0.05, 0) is 30.3 Å². The lowest BCUT2D eigenvalue weighted by atomic mass is 10.1. The molecule has 0 saturated carbocycles. The van der Waals surface area contributed by atoms with Crippen molar-refractivity contribution in [3.05, 3.63) is 64.2 Å². The van der Waals surface area contributed by atoms with E-state index in [2.05, 4.69) is 4.90 Å². The Balaban J connectivity index is 1.62. The van der Waals surface area contributed by atoms with E-state index in [0.29, 0.717) is 32.8 Å². The second-order valence-electron chi connectivity index (χ2n) is 8.59. The Morgan fingerprint density at radius 2 is 1.81 bits per heavy atom. The van der Waals surface area contributed by atoms with E-state index < -0.39 is 38.7 Å². The van der Waals surface area contributed by atoms with E-state index in [-0.39, 0.29) is 34.8 Å². The molecule has 196 valence electrons. The maximum absolute atomic E-state index is 13.5. The summed E-state index contributed by atoms with van der Waals surface area (Å²) >= 11 is 0. The molecule has 1 atom stereocenters. The SMILES string of the molecule is NS(=O)(=O)c1ccc(N2C(=O)CC(N(CCN3CCOCC3)C(=O)c3cccc([N+](=O)[O-])c3)C2=O)cc1. The van der Waals surface area contributed by atoms with Crippen LogP contribution in [0.3, 0.4) is 0 Å². The predicted molar refractivity (Wildman–Crippen MR) is 130 cm³/mol. The Bertz CT molecular complexity index is 1320. The van der Waals surface area contributed by atoms with Crippen molar-refractivity contribution in [3.8, 4) is 0 Å². The third kappa shape index (κ3) is 5.83. The summed E-state index contributed by atoms with van der Waals surface area (Å²) in [6.45, 7) is 2.84. The molecule has 0 spiro atoms. The number of nitro groups is 1. The number of rotatable bonds is 8. The fourth-order valence-electron chi connectivity index (χ4n) is 4.31. The van der Waals surface area contributed by atoms with Crippen molar-refractivity contribution >= 4 is 39.1 Å². The van der Waals surface area contributed by atoms with E-state index in [0.717, 1.165) is 11.0 Å². The lowest BCUT2D eigenvalue weighted by Crippen LogP contribution is -2.49. The first-order chi connectivity index (χ1) is 17.6. The van der Waals surface area contributed by atoms with E-state index in [1.165, 1.54) is 47.4 Å². The van der Waals surface area contributed by atoms with Crippen LogP contribution >= 0.6 is 0 Å². The number of imide groups is 1. The number of amides is 3. The number of non-ortho nitro benzene ring substituents is 1. The quantitative estimate of drug-likeness (QED) is 0.286. The van der Waals surface area contributed by atoms with Crippen LogP contribution in [0.5, 0.6) is 0 Å². The van der Waals surface area contributed by atoms with Crippen molar-refractivity contribution in [2.24, 2.45) is 5.14 Å². The van der Waals surface area contributed by atoms with Gasteiger partial charge in [-0.1, -0.05) is 6.07 Å². The van der Waals surface area contributed by atoms with Crippen molar-refractivity contribution in [2.45, 2.75) is 17.4 Å². The molecule has 13 nitrogen and oxygen atoms in total.